The van der Waals surface area contributed by atoms with E-state index in [1.165, 1.54) is 0 Å². The first-order chi connectivity index (χ1) is 10.1. The van der Waals surface area contributed by atoms with Gasteiger partial charge in [0, 0.05) is 21.7 Å². The largest absolute Gasteiger partial charge is 0.334 e. The standard InChI is InChI=1S/C16H14Br2N2O/c17-14-6-4-12(5-7-14)8-9-19-16(21)20-11-13-2-1-3-15(18)10-13/h1-10H,11H2,(H2,19,20,21)/b9-8+. The number of carbonyl (C=O) groups excluding carboxylic acids is 1. The molecule has 0 spiro atoms. The van der Waals surface area contributed by atoms with Crippen LogP contribution in [0.5, 0.6) is 0 Å². The van der Waals surface area contributed by atoms with Crippen molar-refractivity contribution in [1.29, 1.82) is 0 Å². The first-order valence-corrected chi connectivity index (χ1v) is 7.93. The first kappa shape index (κ1) is 15.8. The van der Waals surface area contributed by atoms with Gasteiger partial charge in [-0.25, -0.2) is 4.79 Å². The van der Waals surface area contributed by atoms with Crippen molar-refractivity contribution in [2.24, 2.45) is 0 Å². The number of halogens is 2. The lowest BCUT2D eigenvalue weighted by Crippen LogP contribution is -2.31. The van der Waals surface area contributed by atoms with E-state index in [1.54, 1.807) is 6.20 Å². The van der Waals surface area contributed by atoms with Gasteiger partial charge in [-0.2, -0.15) is 0 Å². The quantitative estimate of drug-likeness (QED) is 0.756. The van der Waals surface area contributed by atoms with E-state index in [4.69, 9.17) is 0 Å². The second-order valence-electron chi connectivity index (χ2n) is 4.34. The summed E-state index contributed by atoms with van der Waals surface area (Å²) in [5, 5.41) is 5.47. The lowest BCUT2D eigenvalue weighted by molar-refractivity contribution is 0.244. The molecule has 0 radical (unpaired) electrons. The van der Waals surface area contributed by atoms with E-state index in [0.717, 1.165) is 20.1 Å². The molecule has 0 aliphatic rings. The molecule has 0 atom stereocenters. The summed E-state index contributed by atoms with van der Waals surface area (Å²) in [4.78, 5) is 11.7. The molecule has 0 aliphatic carbocycles. The molecule has 5 heteroatoms. The van der Waals surface area contributed by atoms with Crippen molar-refractivity contribution in [3.05, 3.63) is 74.8 Å². The lowest BCUT2D eigenvalue weighted by Gasteiger charge is -2.05. The highest BCUT2D eigenvalue weighted by molar-refractivity contribution is 9.10. The van der Waals surface area contributed by atoms with Crippen molar-refractivity contribution in [3.8, 4) is 0 Å². The summed E-state index contributed by atoms with van der Waals surface area (Å²) in [6.07, 6.45) is 3.46. The summed E-state index contributed by atoms with van der Waals surface area (Å²) in [6, 6.07) is 15.4. The maximum atomic E-state index is 11.7. The van der Waals surface area contributed by atoms with Crippen molar-refractivity contribution in [2.75, 3.05) is 0 Å². The van der Waals surface area contributed by atoms with Crippen molar-refractivity contribution in [3.63, 3.8) is 0 Å². The van der Waals surface area contributed by atoms with Gasteiger partial charge < -0.3 is 10.6 Å². The molecule has 108 valence electrons. The number of hydrogen-bond donors (Lipinski definition) is 2. The Hall–Kier alpha value is -1.59. The molecule has 3 nitrogen and oxygen atoms in total. The van der Waals surface area contributed by atoms with E-state index in [1.807, 2.05) is 54.6 Å². The Labute approximate surface area is 140 Å². The van der Waals surface area contributed by atoms with Gasteiger partial charge in [0.2, 0.25) is 0 Å². The molecule has 0 aromatic heterocycles. The molecule has 0 aliphatic heterocycles. The maximum absolute atomic E-state index is 11.7. The Balaban J connectivity index is 1.78. The second kappa shape index (κ2) is 8.00. The fourth-order valence-corrected chi connectivity index (χ4v) is 2.38. The normalized spacial score (nSPS) is 10.6. The number of nitrogens with one attached hydrogen (secondary N) is 2. The first-order valence-electron chi connectivity index (χ1n) is 6.34. The highest BCUT2D eigenvalue weighted by atomic mass is 79.9. The van der Waals surface area contributed by atoms with Gasteiger partial charge in [-0.1, -0.05) is 56.1 Å². The third-order valence-electron chi connectivity index (χ3n) is 2.70. The van der Waals surface area contributed by atoms with Gasteiger partial charge >= 0.3 is 6.03 Å². The van der Waals surface area contributed by atoms with Gasteiger partial charge in [-0.05, 0) is 41.5 Å². The van der Waals surface area contributed by atoms with E-state index in [0.29, 0.717) is 6.54 Å². The SMILES string of the molecule is O=C(N/C=C/c1ccc(Br)cc1)NCc1cccc(Br)c1. The molecule has 0 saturated carbocycles. The van der Waals surface area contributed by atoms with Gasteiger partial charge in [-0.3, -0.25) is 0 Å². The van der Waals surface area contributed by atoms with Crippen LogP contribution in [0, 0.1) is 0 Å². The van der Waals surface area contributed by atoms with Gasteiger partial charge in [0.1, 0.15) is 0 Å². The summed E-state index contributed by atoms with van der Waals surface area (Å²) < 4.78 is 2.02. The lowest BCUT2D eigenvalue weighted by atomic mass is 10.2. The molecule has 2 amide bonds. The van der Waals surface area contributed by atoms with E-state index in [2.05, 4.69) is 42.5 Å². The summed E-state index contributed by atoms with van der Waals surface area (Å²) in [5.74, 6) is 0. The van der Waals surface area contributed by atoms with Crippen molar-refractivity contribution >= 4 is 44.0 Å². The summed E-state index contributed by atoms with van der Waals surface area (Å²) in [5.41, 5.74) is 2.06. The molecule has 21 heavy (non-hydrogen) atoms. The molecule has 2 N–H and O–H groups in total. The van der Waals surface area contributed by atoms with Crippen molar-refractivity contribution in [2.45, 2.75) is 6.54 Å². The topological polar surface area (TPSA) is 41.1 Å². The Morgan fingerprint density at radius 2 is 1.81 bits per heavy atom. The van der Waals surface area contributed by atoms with E-state index < -0.39 is 0 Å². The van der Waals surface area contributed by atoms with Crippen molar-refractivity contribution < 1.29 is 4.79 Å². The van der Waals surface area contributed by atoms with Gasteiger partial charge in [-0.15, -0.1) is 0 Å². The molecule has 2 aromatic rings. The average molecular weight is 410 g/mol. The zero-order valence-corrected chi connectivity index (χ0v) is 14.3. The van der Waals surface area contributed by atoms with Crippen LogP contribution in [-0.2, 0) is 6.54 Å². The Kier molecular flexibility index (Phi) is 6.02. The fourth-order valence-electron chi connectivity index (χ4n) is 1.67. The Morgan fingerprint density at radius 1 is 1.05 bits per heavy atom. The fraction of sp³-hybridized carbons (Fsp3) is 0.0625. The minimum absolute atomic E-state index is 0.233. The van der Waals surface area contributed by atoms with E-state index >= 15 is 0 Å². The minimum Gasteiger partial charge on any atom is -0.334 e. The molecule has 0 saturated heterocycles. The summed E-state index contributed by atoms with van der Waals surface area (Å²) in [7, 11) is 0. The molecular formula is C16H14Br2N2O. The predicted octanol–water partition coefficient (Wildman–Crippen LogP) is 4.68. The second-order valence-corrected chi connectivity index (χ2v) is 6.17. The molecule has 0 bridgehead atoms. The minimum atomic E-state index is -0.233. The van der Waals surface area contributed by atoms with Crippen LogP contribution in [0.4, 0.5) is 4.79 Å². The smallest absolute Gasteiger partial charge is 0.319 e. The van der Waals surface area contributed by atoms with Crippen LogP contribution in [0.1, 0.15) is 11.1 Å². The van der Waals surface area contributed by atoms with E-state index in [9.17, 15) is 4.79 Å². The monoisotopic (exact) mass is 408 g/mol. The number of amides is 2. The van der Waals surface area contributed by atoms with Crippen LogP contribution >= 0.6 is 31.9 Å². The van der Waals surface area contributed by atoms with Crippen LogP contribution < -0.4 is 10.6 Å². The van der Waals surface area contributed by atoms with Crippen molar-refractivity contribution in [1.82, 2.24) is 10.6 Å². The number of urea groups is 1. The third kappa shape index (κ3) is 5.73. The van der Waals surface area contributed by atoms with Gasteiger partial charge in [0.05, 0.1) is 0 Å². The summed E-state index contributed by atoms with van der Waals surface area (Å²) >= 11 is 6.78. The van der Waals surface area contributed by atoms with Gasteiger partial charge in [0.15, 0.2) is 0 Å². The molecular weight excluding hydrogens is 396 g/mol. The third-order valence-corrected chi connectivity index (χ3v) is 3.72. The number of carbonyl (C=O) groups is 1. The maximum Gasteiger partial charge on any atom is 0.319 e. The highest BCUT2D eigenvalue weighted by Gasteiger charge is 1.98. The van der Waals surface area contributed by atoms with Crippen LogP contribution in [-0.4, -0.2) is 6.03 Å². The molecule has 2 rings (SSSR count). The van der Waals surface area contributed by atoms with Crippen LogP contribution in [0.3, 0.4) is 0 Å². The van der Waals surface area contributed by atoms with Crippen LogP contribution in [0.2, 0.25) is 0 Å². The zero-order valence-electron chi connectivity index (χ0n) is 11.1. The number of rotatable bonds is 4. The van der Waals surface area contributed by atoms with Crippen LogP contribution in [0.25, 0.3) is 6.08 Å². The molecule has 2 aromatic carbocycles. The molecule has 0 unspecified atom stereocenters. The van der Waals surface area contributed by atoms with Crippen LogP contribution in [0.15, 0.2) is 63.7 Å². The summed E-state index contributed by atoms with van der Waals surface area (Å²) in [6.45, 7) is 0.484. The van der Waals surface area contributed by atoms with Gasteiger partial charge in [0.25, 0.3) is 0 Å². The number of hydrogen-bond acceptors (Lipinski definition) is 1. The Bertz CT molecular complexity index is 639. The molecule has 0 heterocycles. The number of benzene rings is 2. The average Bonchev–Trinajstić information content (AvgIpc) is 2.47. The molecule has 0 fully saturated rings. The highest BCUT2D eigenvalue weighted by Crippen LogP contribution is 2.12. The predicted molar refractivity (Wildman–Crippen MR) is 92.7 cm³/mol. The van der Waals surface area contributed by atoms with E-state index in [-0.39, 0.29) is 6.03 Å². The zero-order chi connectivity index (χ0) is 15.1. The Morgan fingerprint density at radius 3 is 2.52 bits per heavy atom.